The number of thiazole rings is 1. The highest BCUT2D eigenvalue weighted by atomic mass is 32.1. The van der Waals surface area contributed by atoms with Crippen molar-refractivity contribution in [3.63, 3.8) is 0 Å². The molecule has 0 fully saturated rings. The van der Waals surface area contributed by atoms with Gasteiger partial charge < -0.3 is 13.4 Å². The molecule has 5 aromatic heterocycles. The maximum atomic E-state index is 5.39. The van der Waals surface area contributed by atoms with Crippen LogP contribution < -0.4 is 0 Å². The molecule has 0 amide bonds. The van der Waals surface area contributed by atoms with E-state index in [9.17, 15) is 0 Å². The minimum absolute atomic E-state index is 0.914. The van der Waals surface area contributed by atoms with Crippen molar-refractivity contribution in [3.8, 4) is 49.8 Å². The van der Waals surface area contributed by atoms with Crippen molar-refractivity contribution >= 4 is 43.4 Å². The van der Waals surface area contributed by atoms with Crippen LogP contribution >= 0.6 is 11.3 Å². The number of aromatic nitrogens is 3. The van der Waals surface area contributed by atoms with Crippen LogP contribution in [0.4, 0.5) is 0 Å². The molecular formula is C38H23N3O2S. The molecule has 208 valence electrons. The summed E-state index contributed by atoms with van der Waals surface area (Å²) in [5.41, 5.74) is 11.6. The maximum Gasteiger partial charge on any atom is 0.124 e. The molecule has 9 aromatic rings. The third-order valence-corrected chi connectivity index (χ3v) is 9.27. The first-order valence-electron chi connectivity index (χ1n) is 14.3. The van der Waals surface area contributed by atoms with Crippen molar-refractivity contribution in [2.45, 2.75) is 0 Å². The average molecular weight is 586 g/mol. The van der Waals surface area contributed by atoms with Gasteiger partial charge in [-0.25, -0.2) is 4.98 Å². The first-order chi connectivity index (χ1) is 21.8. The molecule has 9 rings (SSSR count). The second kappa shape index (κ2) is 9.93. The van der Waals surface area contributed by atoms with Gasteiger partial charge >= 0.3 is 0 Å². The van der Waals surface area contributed by atoms with Crippen LogP contribution in [-0.2, 0) is 0 Å². The van der Waals surface area contributed by atoms with Crippen LogP contribution in [0.25, 0.3) is 81.8 Å². The highest BCUT2D eigenvalue weighted by Crippen LogP contribution is 2.39. The average Bonchev–Trinajstić information content (AvgIpc) is 3.90. The van der Waals surface area contributed by atoms with Crippen LogP contribution in [0.3, 0.4) is 0 Å². The van der Waals surface area contributed by atoms with Crippen molar-refractivity contribution in [2.24, 2.45) is 0 Å². The van der Waals surface area contributed by atoms with E-state index in [4.69, 9.17) is 18.8 Å². The lowest BCUT2D eigenvalue weighted by Crippen LogP contribution is -1.95. The van der Waals surface area contributed by atoms with E-state index in [1.54, 1.807) is 36.4 Å². The molecule has 6 heteroatoms. The lowest BCUT2D eigenvalue weighted by molar-refractivity contribution is 0.568. The smallest absolute Gasteiger partial charge is 0.124 e. The Morgan fingerprint density at radius 3 is 2.18 bits per heavy atom. The van der Waals surface area contributed by atoms with Gasteiger partial charge in [0.2, 0.25) is 0 Å². The van der Waals surface area contributed by atoms with Crippen molar-refractivity contribution in [1.29, 1.82) is 0 Å². The molecule has 5 nitrogen and oxygen atoms in total. The molecule has 0 bridgehead atoms. The van der Waals surface area contributed by atoms with Gasteiger partial charge in [0.15, 0.2) is 0 Å². The predicted octanol–water partition coefficient (Wildman–Crippen LogP) is 10.6. The third kappa shape index (κ3) is 4.07. The molecule has 44 heavy (non-hydrogen) atoms. The zero-order chi connectivity index (χ0) is 29.0. The van der Waals surface area contributed by atoms with Crippen LogP contribution in [0.1, 0.15) is 0 Å². The highest BCUT2D eigenvalue weighted by molar-refractivity contribution is 7.21. The van der Waals surface area contributed by atoms with E-state index in [1.165, 1.54) is 15.5 Å². The summed E-state index contributed by atoms with van der Waals surface area (Å²) in [5.74, 6) is 0. The Morgan fingerprint density at radius 1 is 0.568 bits per heavy atom. The predicted molar refractivity (Wildman–Crippen MR) is 178 cm³/mol. The number of fused-ring (bicyclic) bond motifs is 4. The lowest BCUT2D eigenvalue weighted by Gasteiger charge is -2.11. The Labute approximate surface area is 256 Å². The first kappa shape index (κ1) is 24.8. The normalized spacial score (nSPS) is 11.6. The van der Waals surface area contributed by atoms with E-state index in [2.05, 4.69) is 95.6 Å². The molecule has 0 spiro atoms. The van der Waals surface area contributed by atoms with Gasteiger partial charge in [0.1, 0.15) is 5.01 Å². The van der Waals surface area contributed by atoms with Crippen molar-refractivity contribution in [1.82, 2.24) is 14.5 Å². The fourth-order valence-electron chi connectivity index (χ4n) is 6.00. The summed E-state index contributed by atoms with van der Waals surface area (Å²) in [6.07, 6.45) is 8.82. The van der Waals surface area contributed by atoms with E-state index in [0.29, 0.717) is 0 Å². The quantitative estimate of drug-likeness (QED) is 0.202. The molecule has 0 N–H and O–H groups in total. The van der Waals surface area contributed by atoms with Crippen molar-refractivity contribution < 1.29 is 8.83 Å². The summed E-state index contributed by atoms with van der Waals surface area (Å²) >= 11 is 1.72. The summed E-state index contributed by atoms with van der Waals surface area (Å²) < 4.78 is 14.2. The summed E-state index contributed by atoms with van der Waals surface area (Å²) in [6.45, 7) is 0. The Hall–Kier alpha value is -5.72. The molecule has 5 heterocycles. The number of hydrogen-bond donors (Lipinski definition) is 0. The number of benzene rings is 4. The second-order valence-electron chi connectivity index (χ2n) is 10.8. The number of para-hydroxylation sites is 1. The van der Waals surface area contributed by atoms with E-state index in [0.717, 1.165) is 66.3 Å². The molecular weight excluding hydrogens is 563 g/mol. The molecule has 0 aliphatic heterocycles. The Balaban J connectivity index is 1.23. The van der Waals surface area contributed by atoms with Gasteiger partial charge in [-0.3, -0.25) is 4.98 Å². The molecule has 4 aromatic carbocycles. The summed E-state index contributed by atoms with van der Waals surface area (Å²) in [6, 6.07) is 38.3. The van der Waals surface area contributed by atoms with Crippen LogP contribution in [0.5, 0.6) is 0 Å². The Bertz CT molecular complexity index is 2400. The molecule has 0 radical (unpaired) electrons. The number of furan rings is 2. The summed E-state index contributed by atoms with van der Waals surface area (Å²) in [5, 5.41) is 3.38. The molecule has 0 atom stereocenters. The van der Waals surface area contributed by atoms with Gasteiger partial charge in [-0.15, -0.1) is 11.3 Å². The van der Waals surface area contributed by atoms with Gasteiger partial charge in [-0.1, -0.05) is 48.5 Å². The number of hydrogen-bond acceptors (Lipinski definition) is 5. The monoisotopic (exact) mass is 585 g/mol. The first-order valence-corrected chi connectivity index (χ1v) is 15.2. The SMILES string of the molecule is c1cc(-c2ccc(-c3ccoc3)cn2)cc(-n2c3ccc(-c4ccoc4)cc3c3ccc(-c4nc5ccccc5s4)cc32)c1. The third-order valence-electron chi connectivity index (χ3n) is 8.18. The molecule has 0 unspecified atom stereocenters. The number of pyridine rings is 1. The minimum atomic E-state index is 0.914. The Morgan fingerprint density at radius 2 is 1.39 bits per heavy atom. The Kier molecular flexibility index (Phi) is 5.61. The summed E-state index contributed by atoms with van der Waals surface area (Å²) in [7, 11) is 0. The largest absolute Gasteiger partial charge is 0.472 e. The molecule has 0 aliphatic rings. The van der Waals surface area contributed by atoms with Crippen LogP contribution in [0, 0.1) is 0 Å². The van der Waals surface area contributed by atoms with Crippen LogP contribution in [-0.4, -0.2) is 14.5 Å². The fraction of sp³-hybridized carbons (Fsp3) is 0. The zero-order valence-electron chi connectivity index (χ0n) is 23.3. The summed E-state index contributed by atoms with van der Waals surface area (Å²) in [4.78, 5) is 9.76. The van der Waals surface area contributed by atoms with Gasteiger partial charge in [0, 0.05) is 50.5 Å². The molecule has 0 saturated heterocycles. The van der Waals surface area contributed by atoms with Crippen molar-refractivity contribution in [2.75, 3.05) is 0 Å². The topological polar surface area (TPSA) is 57.0 Å². The van der Waals surface area contributed by atoms with Crippen LogP contribution in [0.15, 0.2) is 149 Å². The van der Waals surface area contributed by atoms with Crippen LogP contribution in [0.2, 0.25) is 0 Å². The standard InChI is InChI=1S/C38H23N3O2S/c1-2-7-37-34(6-1)40-38(44-37)26-8-11-31-32-19-24(28-14-16-42-22-28)10-13-35(32)41(36(31)20-26)30-5-3-4-25(18-30)33-12-9-27(21-39-33)29-15-17-43-23-29/h1-23H. The lowest BCUT2D eigenvalue weighted by atomic mass is 10.0. The highest BCUT2D eigenvalue weighted by Gasteiger charge is 2.17. The fourth-order valence-corrected chi connectivity index (χ4v) is 6.97. The number of rotatable bonds is 5. The van der Waals surface area contributed by atoms with Gasteiger partial charge in [-0.05, 0) is 66.2 Å². The number of nitrogens with zero attached hydrogens (tertiary/aromatic N) is 3. The second-order valence-corrected chi connectivity index (χ2v) is 11.8. The van der Waals surface area contributed by atoms with Gasteiger partial charge in [0.25, 0.3) is 0 Å². The van der Waals surface area contributed by atoms with Gasteiger partial charge in [-0.2, -0.15) is 0 Å². The van der Waals surface area contributed by atoms with E-state index >= 15 is 0 Å². The molecule has 0 aliphatic carbocycles. The van der Waals surface area contributed by atoms with E-state index < -0.39 is 0 Å². The van der Waals surface area contributed by atoms with E-state index in [-0.39, 0.29) is 0 Å². The zero-order valence-corrected chi connectivity index (χ0v) is 24.2. The van der Waals surface area contributed by atoms with Crippen molar-refractivity contribution in [3.05, 3.63) is 140 Å². The minimum Gasteiger partial charge on any atom is -0.472 e. The van der Waals surface area contributed by atoms with Gasteiger partial charge in [0.05, 0.1) is 52.0 Å². The maximum absolute atomic E-state index is 5.39. The molecule has 0 saturated carbocycles. The van der Waals surface area contributed by atoms with E-state index in [1.807, 2.05) is 24.4 Å².